The number of nitrogens with zero attached hydrogens (tertiary/aromatic N) is 2. The highest BCUT2D eigenvalue weighted by atomic mass is 32.2. The summed E-state index contributed by atoms with van der Waals surface area (Å²) in [6, 6.07) is 5.31. The number of hydrogen-bond donors (Lipinski definition) is 2. The summed E-state index contributed by atoms with van der Waals surface area (Å²) >= 11 is 0. The maximum absolute atomic E-state index is 12.6. The molecule has 0 bridgehead atoms. The van der Waals surface area contributed by atoms with Gasteiger partial charge < -0.3 is 5.32 Å². The van der Waals surface area contributed by atoms with E-state index in [2.05, 4.69) is 15.1 Å². The van der Waals surface area contributed by atoms with Gasteiger partial charge >= 0.3 is 0 Å². The number of anilines is 1. The van der Waals surface area contributed by atoms with Crippen LogP contribution < -0.4 is 10.0 Å². The highest BCUT2D eigenvalue weighted by molar-refractivity contribution is 7.92. The van der Waals surface area contributed by atoms with E-state index < -0.39 is 10.0 Å². The molecule has 0 aliphatic rings. The summed E-state index contributed by atoms with van der Waals surface area (Å²) in [4.78, 5) is 0.290. The Kier molecular flexibility index (Phi) is 4.34. The van der Waals surface area contributed by atoms with Crippen LogP contribution in [0.5, 0.6) is 0 Å². The highest BCUT2D eigenvalue weighted by Gasteiger charge is 2.20. The van der Waals surface area contributed by atoms with Crippen LogP contribution in [0.15, 0.2) is 29.3 Å². The summed E-state index contributed by atoms with van der Waals surface area (Å²) in [7, 11) is -0.0819. The predicted octanol–water partition coefficient (Wildman–Crippen LogP) is 1.56. The van der Waals surface area contributed by atoms with Crippen LogP contribution >= 0.6 is 0 Å². The average molecular weight is 308 g/mol. The van der Waals surface area contributed by atoms with Gasteiger partial charge in [0, 0.05) is 25.9 Å². The summed E-state index contributed by atoms with van der Waals surface area (Å²) < 4.78 is 29.2. The molecule has 0 aliphatic heterocycles. The number of sulfonamides is 1. The number of aromatic nitrogens is 2. The summed E-state index contributed by atoms with van der Waals surface area (Å²) in [5.41, 5.74) is 2.63. The molecule has 0 radical (unpaired) electrons. The van der Waals surface area contributed by atoms with Crippen molar-refractivity contribution in [2.45, 2.75) is 25.3 Å². The van der Waals surface area contributed by atoms with Gasteiger partial charge in [0.05, 0.1) is 4.90 Å². The summed E-state index contributed by atoms with van der Waals surface area (Å²) in [6.45, 7) is 4.34. The molecule has 0 aliphatic carbocycles. The van der Waals surface area contributed by atoms with Crippen molar-refractivity contribution in [1.29, 1.82) is 0 Å². The summed E-state index contributed by atoms with van der Waals surface area (Å²) in [5.74, 6) is 0.313. The zero-order chi connectivity index (χ0) is 15.6. The van der Waals surface area contributed by atoms with Crippen molar-refractivity contribution in [1.82, 2.24) is 15.1 Å². The fraction of sp³-hybridized carbons (Fsp3) is 0.357. The second-order valence-electron chi connectivity index (χ2n) is 5.05. The highest BCUT2D eigenvalue weighted by Crippen LogP contribution is 2.23. The van der Waals surface area contributed by atoms with Crippen molar-refractivity contribution in [3.63, 3.8) is 0 Å². The minimum atomic E-state index is -3.65. The van der Waals surface area contributed by atoms with Crippen molar-refractivity contribution in [3.8, 4) is 0 Å². The third kappa shape index (κ3) is 3.43. The van der Waals surface area contributed by atoms with Gasteiger partial charge in [0.2, 0.25) is 0 Å². The smallest absolute Gasteiger partial charge is 0.263 e. The lowest BCUT2D eigenvalue weighted by Crippen LogP contribution is -2.16. The lowest BCUT2D eigenvalue weighted by molar-refractivity contribution is 0.600. The fourth-order valence-electron chi connectivity index (χ4n) is 2.15. The van der Waals surface area contributed by atoms with Gasteiger partial charge in [0.15, 0.2) is 5.82 Å². The van der Waals surface area contributed by atoms with Gasteiger partial charge in [-0.1, -0.05) is 6.07 Å². The molecule has 1 aromatic heterocycles. The van der Waals surface area contributed by atoms with Crippen molar-refractivity contribution in [3.05, 3.63) is 41.1 Å². The standard InChI is InChI=1S/C14H20N4O2S/c1-10-7-12(9-15-3)8-13(11(10)2)21(19,20)17-14-5-6-18(4)16-14/h5-8,15H,9H2,1-4H3,(H,16,17). The maximum atomic E-state index is 12.6. The monoisotopic (exact) mass is 308 g/mol. The molecule has 2 N–H and O–H groups in total. The van der Waals surface area contributed by atoms with E-state index in [9.17, 15) is 8.42 Å². The number of aryl methyl sites for hydroxylation is 2. The Morgan fingerprint density at radius 3 is 2.57 bits per heavy atom. The minimum Gasteiger partial charge on any atom is -0.316 e. The average Bonchev–Trinajstić information content (AvgIpc) is 2.78. The molecule has 1 aromatic carbocycles. The maximum Gasteiger partial charge on any atom is 0.263 e. The van der Waals surface area contributed by atoms with Gasteiger partial charge in [-0.3, -0.25) is 9.40 Å². The van der Waals surface area contributed by atoms with Gasteiger partial charge in [-0.05, 0) is 43.7 Å². The van der Waals surface area contributed by atoms with Crippen LogP contribution in [0.1, 0.15) is 16.7 Å². The third-order valence-electron chi connectivity index (χ3n) is 3.30. The second kappa shape index (κ2) is 5.87. The van der Waals surface area contributed by atoms with Crippen LogP contribution in [0.3, 0.4) is 0 Å². The molecule has 0 spiro atoms. The quantitative estimate of drug-likeness (QED) is 0.879. The molecular formula is C14H20N4O2S. The molecule has 0 saturated carbocycles. The van der Waals surface area contributed by atoms with Crippen molar-refractivity contribution < 1.29 is 8.42 Å². The fourth-order valence-corrected chi connectivity index (χ4v) is 3.51. The molecule has 0 amide bonds. The minimum absolute atomic E-state index is 0.290. The Hall–Kier alpha value is -1.86. The lowest BCUT2D eigenvalue weighted by Gasteiger charge is -2.13. The van der Waals surface area contributed by atoms with Gasteiger partial charge in [-0.2, -0.15) is 5.10 Å². The van der Waals surface area contributed by atoms with Crippen molar-refractivity contribution in [2.75, 3.05) is 11.8 Å². The van der Waals surface area contributed by atoms with E-state index in [-0.39, 0.29) is 0 Å². The molecule has 1 heterocycles. The topological polar surface area (TPSA) is 76.0 Å². The first-order valence-corrected chi connectivity index (χ1v) is 8.09. The van der Waals surface area contributed by atoms with E-state index in [1.54, 1.807) is 30.1 Å². The van der Waals surface area contributed by atoms with Gasteiger partial charge in [-0.15, -0.1) is 0 Å². The zero-order valence-corrected chi connectivity index (χ0v) is 13.5. The summed E-state index contributed by atoms with van der Waals surface area (Å²) in [6.07, 6.45) is 1.69. The molecule has 0 atom stereocenters. The van der Waals surface area contributed by atoms with E-state index in [0.29, 0.717) is 17.3 Å². The first kappa shape index (κ1) is 15.5. The first-order chi connectivity index (χ1) is 9.83. The molecule has 7 heteroatoms. The van der Waals surface area contributed by atoms with E-state index in [0.717, 1.165) is 16.7 Å². The van der Waals surface area contributed by atoms with Crippen LogP contribution in [0.4, 0.5) is 5.82 Å². The molecule has 0 fully saturated rings. The zero-order valence-electron chi connectivity index (χ0n) is 12.6. The van der Waals surface area contributed by atoms with Crippen LogP contribution in [0.2, 0.25) is 0 Å². The first-order valence-electron chi connectivity index (χ1n) is 6.60. The van der Waals surface area contributed by atoms with Gasteiger partial charge in [0.1, 0.15) is 0 Å². The molecular weight excluding hydrogens is 288 g/mol. The SMILES string of the molecule is CNCc1cc(C)c(C)c(S(=O)(=O)Nc2ccn(C)n2)c1. The Morgan fingerprint density at radius 1 is 1.29 bits per heavy atom. The molecule has 6 nitrogen and oxygen atoms in total. The van der Waals surface area contributed by atoms with Gasteiger partial charge in [0.25, 0.3) is 10.0 Å². The number of hydrogen-bond acceptors (Lipinski definition) is 4. The van der Waals surface area contributed by atoms with Crippen LogP contribution in [0.25, 0.3) is 0 Å². The van der Waals surface area contributed by atoms with Crippen LogP contribution in [-0.2, 0) is 23.6 Å². The van der Waals surface area contributed by atoms with E-state index in [4.69, 9.17) is 0 Å². The Labute approximate surface area is 125 Å². The molecule has 0 unspecified atom stereocenters. The van der Waals surface area contributed by atoms with Crippen molar-refractivity contribution in [2.24, 2.45) is 7.05 Å². The largest absolute Gasteiger partial charge is 0.316 e. The molecule has 2 rings (SSSR count). The third-order valence-corrected chi connectivity index (χ3v) is 4.78. The molecule has 21 heavy (non-hydrogen) atoms. The van der Waals surface area contributed by atoms with Crippen molar-refractivity contribution >= 4 is 15.8 Å². The van der Waals surface area contributed by atoms with Crippen LogP contribution in [0, 0.1) is 13.8 Å². The van der Waals surface area contributed by atoms with E-state index in [1.165, 1.54) is 0 Å². The number of benzene rings is 1. The van der Waals surface area contributed by atoms with Gasteiger partial charge in [-0.25, -0.2) is 8.42 Å². The summed E-state index contributed by atoms with van der Waals surface area (Å²) in [5, 5.41) is 7.08. The lowest BCUT2D eigenvalue weighted by atomic mass is 10.1. The Balaban J connectivity index is 2.43. The Bertz CT molecular complexity index is 750. The van der Waals surface area contributed by atoms with E-state index >= 15 is 0 Å². The number of nitrogens with one attached hydrogen (secondary N) is 2. The second-order valence-corrected chi connectivity index (χ2v) is 6.70. The van der Waals surface area contributed by atoms with E-state index in [1.807, 2.05) is 27.0 Å². The Morgan fingerprint density at radius 2 is 2.00 bits per heavy atom. The normalized spacial score (nSPS) is 11.6. The predicted molar refractivity (Wildman–Crippen MR) is 82.7 cm³/mol. The molecule has 0 saturated heterocycles. The molecule has 114 valence electrons. The number of rotatable bonds is 5. The van der Waals surface area contributed by atoms with Crippen LogP contribution in [-0.4, -0.2) is 25.2 Å². The molecule has 2 aromatic rings.